The summed E-state index contributed by atoms with van der Waals surface area (Å²) in [5, 5.41) is 15.7. The van der Waals surface area contributed by atoms with Crippen molar-refractivity contribution in [2.45, 2.75) is 50.9 Å². The van der Waals surface area contributed by atoms with Gasteiger partial charge in [0.2, 0.25) is 5.88 Å². The summed E-state index contributed by atoms with van der Waals surface area (Å²) >= 11 is 0. The van der Waals surface area contributed by atoms with Gasteiger partial charge in [0.15, 0.2) is 5.43 Å². The number of hydrogen-bond acceptors (Lipinski definition) is 7. The summed E-state index contributed by atoms with van der Waals surface area (Å²) in [6.07, 6.45) is -17.9. The van der Waals surface area contributed by atoms with Gasteiger partial charge in [-0.1, -0.05) is 34.7 Å². The summed E-state index contributed by atoms with van der Waals surface area (Å²) in [6, 6.07) is 9.63. The number of aromatic nitrogens is 6. The molecule has 3 aromatic carbocycles. The van der Waals surface area contributed by atoms with Crippen molar-refractivity contribution in [3.8, 4) is 0 Å². The molecule has 6 rings (SSSR count). The van der Waals surface area contributed by atoms with E-state index in [1.165, 1.54) is 29.4 Å². The van der Waals surface area contributed by atoms with E-state index in [0.29, 0.717) is 24.3 Å². The van der Waals surface area contributed by atoms with Gasteiger partial charge in [-0.3, -0.25) is 4.79 Å². The zero-order valence-electron chi connectivity index (χ0n) is 26.8. The normalized spacial score (nSPS) is 12.8. The van der Waals surface area contributed by atoms with Crippen LogP contribution in [-0.4, -0.2) is 30.0 Å². The molecule has 0 amide bonds. The molecule has 0 fully saturated rings. The second-order valence-corrected chi connectivity index (χ2v) is 11.9. The Labute approximate surface area is 294 Å². The van der Waals surface area contributed by atoms with E-state index in [4.69, 9.17) is 4.42 Å². The van der Waals surface area contributed by atoms with Crippen molar-refractivity contribution in [3.05, 3.63) is 134 Å². The second kappa shape index (κ2) is 13.8. The number of benzene rings is 3. The highest BCUT2D eigenvalue weighted by molar-refractivity contribution is 5.77. The van der Waals surface area contributed by atoms with Crippen LogP contribution in [0.25, 0.3) is 11.0 Å². The second-order valence-electron chi connectivity index (χ2n) is 11.9. The molecule has 0 atom stereocenters. The zero-order valence-corrected chi connectivity index (χ0v) is 26.8. The van der Waals surface area contributed by atoms with Crippen LogP contribution >= 0.6 is 0 Å². The highest BCUT2D eigenvalue weighted by Crippen LogP contribution is 2.39. The van der Waals surface area contributed by atoms with E-state index in [9.17, 15) is 57.5 Å². The van der Waals surface area contributed by atoms with Crippen molar-refractivity contribution < 1.29 is 57.1 Å². The molecule has 0 radical (unpaired) electrons. The molecular weight excluding hydrogens is 754 g/mol. The van der Waals surface area contributed by atoms with Gasteiger partial charge in [-0.2, -0.15) is 52.7 Å². The SMILES string of the molecule is O=c1cc(N(Cc2cn(Cc3ccc(C(F)(F)F)cc3C(F)(F)F)nn2)Cc2cn(Cc3ccc(C(F)(F)F)cc3C(F)(F)F)nn2)oc2ccccc12. The van der Waals surface area contributed by atoms with E-state index < -0.39 is 76.6 Å². The molecule has 0 saturated carbocycles. The van der Waals surface area contributed by atoms with Gasteiger partial charge < -0.3 is 9.32 Å². The number of hydrogen-bond donors (Lipinski definition) is 0. The fraction of sp³-hybridized carbons (Fsp3) is 0.242. The predicted molar refractivity (Wildman–Crippen MR) is 164 cm³/mol. The number of halogens is 12. The van der Waals surface area contributed by atoms with E-state index >= 15 is 0 Å². The topological polar surface area (TPSA) is 94.9 Å². The molecule has 54 heavy (non-hydrogen) atoms. The monoisotopic (exact) mass is 775 g/mol. The Hall–Kier alpha value is -5.89. The Kier molecular flexibility index (Phi) is 9.69. The van der Waals surface area contributed by atoms with Crippen LogP contribution in [0, 0.1) is 0 Å². The lowest BCUT2D eigenvalue weighted by molar-refractivity contribution is -0.145. The van der Waals surface area contributed by atoms with E-state index in [1.807, 2.05) is 0 Å². The first-order chi connectivity index (χ1) is 25.1. The van der Waals surface area contributed by atoms with E-state index in [-0.39, 0.29) is 53.5 Å². The molecule has 0 bridgehead atoms. The molecule has 0 aliphatic heterocycles. The number of anilines is 1. The fourth-order valence-corrected chi connectivity index (χ4v) is 5.48. The minimum atomic E-state index is -5.14. The molecule has 9 nitrogen and oxygen atoms in total. The highest BCUT2D eigenvalue weighted by atomic mass is 19.4. The number of rotatable bonds is 9. The van der Waals surface area contributed by atoms with Crippen molar-refractivity contribution in [2.24, 2.45) is 0 Å². The largest absolute Gasteiger partial charge is 0.440 e. The van der Waals surface area contributed by atoms with Crippen molar-refractivity contribution >= 4 is 16.9 Å². The lowest BCUT2D eigenvalue weighted by atomic mass is 10.0. The van der Waals surface area contributed by atoms with E-state index in [1.54, 1.807) is 12.1 Å². The Morgan fingerprint density at radius 2 is 1.06 bits per heavy atom. The molecule has 0 unspecified atom stereocenters. The van der Waals surface area contributed by atoms with Gasteiger partial charge in [0, 0.05) is 6.07 Å². The van der Waals surface area contributed by atoms with Crippen LogP contribution in [0.3, 0.4) is 0 Å². The molecule has 0 aliphatic rings. The first-order valence-electron chi connectivity index (χ1n) is 15.3. The Balaban J connectivity index is 1.29. The van der Waals surface area contributed by atoms with Crippen LogP contribution in [0.5, 0.6) is 0 Å². The van der Waals surface area contributed by atoms with Crippen molar-refractivity contribution in [1.82, 2.24) is 30.0 Å². The standard InChI is InChI=1S/C33H21F12N7O2/c34-30(35,36)20-7-5-18(25(9-20)32(40,41)42)12-51-16-22(46-48-51)14-50(29-11-27(53)24-3-1-2-4-28(24)54-29)15-23-17-52(49-47-23)13-19-6-8-21(31(37,38)39)10-26(19)33(43,44)45/h1-11,16-17H,12-15H2. The number of nitrogens with zero attached hydrogens (tertiary/aromatic N) is 7. The Morgan fingerprint density at radius 1 is 0.593 bits per heavy atom. The average Bonchev–Trinajstić information content (AvgIpc) is 3.71. The third kappa shape index (κ3) is 8.49. The quantitative estimate of drug-likeness (QED) is 0.136. The molecule has 0 saturated heterocycles. The van der Waals surface area contributed by atoms with Crippen LogP contribution in [0.1, 0.15) is 44.8 Å². The van der Waals surface area contributed by atoms with Crippen molar-refractivity contribution in [2.75, 3.05) is 4.90 Å². The molecule has 6 aromatic rings. The van der Waals surface area contributed by atoms with Gasteiger partial charge in [-0.05, 0) is 47.5 Å². The van der Waals surface area contributed by atoms with Gasteiger partial charge in [0.1, 0.15) is 17.0 Å². The van der Waals surface area contributed by atoms with E-state index in [0.717, 1.165) is 15.4 Å². The lowest BCUT2D eigenvalue weighted by Crippen LogP contribution is -2.24. The highest BCUT2D eigenvalue weighted by Gasteiger charge is 2.39. The summed E-state index contributed by atoms with van der Waals surface area (Å²) < 4.78 is 169. The third-order valence-electron chi connectivity index (χ3n) is 7.96. The summed E-state index contributed by atoms with van der Waals surface area (Å²) in [6.45, 7) is -1.82. The smallest absolute Gasteiger partial charge is 0.416 e. The molecule has 284 valence electrons. The molecule has 0 spiro atoms. The lowest BCUT2D eigenvalue weighted by Gasteiger charge is -2.21. The van der Waals surface area contributed by atoms with Gasteiger partial charge >= 0.3 is 24.7 Å². The predicted octanol–water partition coefficient (Wildman–Crippen LogP) is 8.35. The van der Waals surface area contributed by atoms with Crippen molar-refractivity contribution in [1.29, 1.82) is 0 Å². The van der Waals surface area contributed by atoms with E-state index in [2.05, 4.69) is 20.6 Å². The van der Waals surface area contributed by atoms with Gasteiger partial charge in [0.05, 0.1) is 66.2 Å². The summed E-state index contributed by atoms with van der Waals surface area (Å²) in [7, 11) is 0. The van der Waals surface area contributed by atoms with Crippen LogP contribution in [-0.2, 0) is 50.9 Å². The Morgan fingerprint density at radius 3 is 1.50 bits per heavy atom. The van der Waals surface area contributed by atoms with Gasteiger partial charge in [-0.25, -0.2) is 9.36 Å². The molecule has 0 aliphatic carbocycles. The van der Waals surface area contributed by atoms with Crippen LogP contribution in [0.2, 0.25) is 0 Å². The summed E-state index contributed by atoms with van der Waals surface area (Å²) in [4.78, 5) is 14.3. The molecule has 3 heterocycles. The maximum absolute atomic E-state index is 13.7. The Bertz CT molecular complexity index is 2240. The summed E-state index contributed by atoms with van der Waals surface area (Å²) in [5.41, 5.74) is -7.33. The van der Waals surface area contributed by atoms with Crippen LogP contribution in [0.15, 0.2) is 88.3 Å². The molecule has 3 aromatic heterocycles. The van der Waals surface area contributed by atoms with Crippen molar-refractivity contribution in [3.63, 3.8) is 0 Å². The number of para-hydroxylation sites is 1. The first-order valence-corrected chi connectivity index (χ1v) is 15.3. The maximum atomic E-state index is 13.7. The number of fused-ring (bicyclic) bond motifs is 1. The minimum absolute atomic E-state index is 0.00862. The van der Waals surface area contributed by atoms with Gasteiger partial charge in [-0.15, -0.1) is 10.2 Å². The van der Waals surface area contributed by atoms with Crippen LogP contribution < -0.4 is 10.3 Å². The minimum Gasteiger partial charge on any atom is -0.440 e. The first kappa shape index (κ1) is 37.9. The average molecular weight is 776 g/mol. The molecule has 21 heteroatoms. The maximum Gasteiger partial charge on any atom is 0.416 e. The fourth-order valence-electron chi connectivity index (χ4n) is 5.48. The van der Waals surface area contributed by atoms with Crippen LogP contribution in [0.4, 0.5) is 58.6 Å². The molecular formula is C33H21F12N7O2. The molecule has 0 N–H and O–H groups in total. The number of alkyl halides is 12. The summed E-state index contributed by atoms with van der Waals surface area (Å²) in [5.74, 6) is -0.0769. The third-order valence-corrected chi connectivity index (χ3v) is 7.96. The zero-order chi connectivity index (χ0) is 39.2. The van der Waals surface area contributed by atoms with Gasteiger partial charge in [0.25, 0.3) is 0 Å².